The Labute approximate surface area is 174 Å². The number of benzene rings is 1. The van der Waals surface area contributed by atoms with Gasteiger partial charge in [-0.05, 0) is 29.8 Å². The van der Waals surface area contributed by atoms with Crippen LogP contribution in [0.15, 0.2) is 54.7 Å². The van der Waals surface area contributed by atoms with E-state index in [0.717, 1.165) is 4.90 Å². The molecule has 0 atom stereocenters. The van der Waals surface area contributed by atoms with Crippen LogP contribution in [0, 0.1) is 0 Å². The first-order chi connectivity index (χ1) is 14.7. The van der Waals surface area contributed by atoms with Crippen LogP contribution >= 0.6 is 0 Å². The second-order valence-electron chi connectivity index (χ2n) is 6.31. The Balaban J connectivity index is 1.52. The summed E-state index contributed by atoms with van der Waals surface area (Å²) in [5.74, 6) is -2.97. The van der Waals surface area contributed by atoms with Crippen molar-refractivity contribution in [3.05, 3.63) is 60.3 Å². The minimum absolute atomic E-state index is 0.0951. The number of hydroxylamine groups is 2. The highest BCUT2D eigenvalue weighted by Crippen LogP contribution is 2.20. The number of pyridine rings is 1. The highest BCUT2D eigenvalue weighted by molar-refractivity contribution is 5.95. The molecule has 1 aromatic carbocycles. The zero-order valence-electron chi connectivity index (χ0n) is 15.9. The Morgan fingerprint density at radius 2 is 1.81 bits per heavy atom. The Morgan fingerprint density at radius 3 is 2.42 bits per heavy atom. The number of halogens is 3. The summed E-state index contributed by atoms with van der Waals surface area (Å²) in [5.41, 5.74) is 0.595. The second kappa shape index (κ2) is 9.28. The average Bonchev–Trinajstić information content (AvgIpc) is 2.74. The molecule has 2 amide bonds. The third kappa shape index (κ3) is 6.04. The van der Waals surface area contributed by atoms with Crippen LogP contribution in [0.3, 0.4) is 0 Å². The van der Waals surface area contributed by atoms with Crippen molar-refractivity contribution in [3.8, 4) is 11.6 Å². The fraction of sp³-hybridized carbons (Fsp3) is 0.200. The van der Waals surface area contributed by atoms with Gasteiger partial charge in [-0.25, -0.2) is 9.78 Å². The first-order valence-electron chi connectivity index (χ1n) is 8.98. The summed E-state index contributed by atoms with van der Waals surface area (Å²) in [7, 11) is 0. The van der Waals surface area contributed by atoms with Crippen LogP contribution in [0.5, 0.6) is 11.6 Å². The Kier molecular flexibility index (Phi) is 6.53. The lowest BCUT2D eigenvalue weighted by molar-refractivity contribution is -0.240. The van der Waals surface area contributed by atoms with E-state index in [2.05, 4.69) is 9.82 Å². The number of aromatic nitrogens is 1. The molecule has 31 heavy (non-hydrogen) atoms. The van der Waals surface area contributed by atoms with Gasteiger partial charge in [-0.1, -0.05) is 18.2 Å². The average molecular weight is 435 g/mol. The number of ether oxygens (including phenoxy) is 1. The third-order valence-electron chi connectivity index (χ3n) is 4.06. The summed E-state index contributed by atoms with van der Waals surface area (Å²) in [4.78, 5) is 44.2. The van der Waals surface area contributed by atoms with Gasteiger partial charge in [0.2, 0.25) is 11.8 Å². The molecule has 3 rings (SSSR count). The van der Waals surface area contributed by atoms with Gasteiger partial charge >= 0.3 is 12.1 Å². The first kappa shape index (κ1) is 21.8. The fourth-order valence-electron chi connectivity index (χ4n) is 2.53. The van der Waals surface area contributed by atoms with E-state index in [1.165, 1.54) is 18.3 Å². The van der Waals surface area contributed by atoms with Crippen molar-refractivity contribution in [2.75, 3.05) is 19.6 Å². The number of piperazine rings is 1. The fourth-order valence-corrected chi connectivity index (χ4v) is 2.53. The topological polar surface area (TPSA) is 89.0 Å². The molecule has 0 radical (unpaired) electrons. The van der Waals surface area contributed by atoms with Crippen molar-refractivity contribution < 1.29 is 37.1 Å². The van der Waals surface area contributed by atoms with E-state index in [9.17, 15) is 27.6 Å². The molecule has 11 heteroatoms. The molecule has 1 aliphatic heterocycles. The van der Waals surface area contributed by atoms with Crippen LogP contribution in [0.2, 0.25) is 0 Å². The highest BCUT2D eigenvalue weighted by atomic mass is 19.4. The number of hydrogen-bond donors (Lipinski definition) is 0. The molecule has 1 saturated heterocycles. The van der Waals surface area contributed by atoms with Crippen LogP contribution in [0.1, 0.15) is 5.56 Å². The van der Waals surface area contributed by atoms with Gasteiger partial charge in [0.1, 0.15) is 12.3 Å². The van der Waals surface area contributed by atoms with Crippen LogP contribution < -0.4 is 4.74 Å². The highest BCUT2D eigenvalue weighted by Gasteiger charge is 2.44. The minimum atomic E-state index is -5.22. The maximum atomic E-state index is 12.2. The lowest BCUT2D eigenvalue weighted by Crippen LogP contribution is -2.53. The SMILES string of the molecule is O=C(/C=C/c1ccc(Oc2ccccc2)nc1)N1CCN(OC(=O)C(F)(F)F)C(=O)C1. The van der Waals surface area contributed by atoms with E-state index in [1.807, 2.05) is 18.2 Å². The predicted molar refractivity (Wildman–Crippen MR) is 100 cm³/mol. The number of para-hydroxylation sites is 1. The molecule has 162 valence electrons. The number of nitrogens with zero attached hydrogens (tertiary/aromatic N) is 3. The molecule has 0 spiro atoms. The third-order valence-corrected chi connectivity index (χ3v) is 4.06. The van der Waals surface area contributed by atoms with Gasteiger partial charge in [0.15, 0.2) is 0 Å². The van der Waals surface area contributed by atoms with Crippen LogP contribution in [0.25, 0.3) is 6.08 Å². The van der Waals surface area contributed by atoms with E-state index in [1.54, 1.807) is 24.3 Å². The van der Waals surface area contributed by atoms with Crippen molar-refractivity contribution in [2.24, 2.45) is 0 Å². The van der Waals surface area contributed by atoms with E-state index in [-0.39, 0.29) is 13.1 Å². The summed E-state index contributed by atoms with van der Waals surface area (Å²) in [5, 5.41) is 0.304. The summed E-state index contributed by atoms with van der Waals surface area (Å²) < 4.78 is 42.3. The number of rotatable bonds is 5. The molecular formula is C20H16F3N3O5. The van der Waals surface area contributed by atoms with E-state index in [4.69, 9.17) is 4.74 Å². The molecule has 2 heterocycles. The van der Waals surface area contributed by atoms with Gasteiger partial charge in [0, 0.05) is 24.9 Å². The molecule has 1 fully saturated rings. The first-order valence-corrected chi connectivity index (χ1v) is 8.98. The Hall–Kier alpha value is -3.89. The van der Waals surface area contributed by atoms with E-state index in [0.29, 0.717) is 22.3 Å². The molecule has 0 bridgehead atoms. The van der Waals surface area contributed by atoms with Gasteiger partial charge in [-0.15, -0.1) is 0 Å². The zero-order valence-corrected chi connectivity index (χ0v) is 15.9. The van der Waals surface area contributed by atoms with Crippen molar-refractivity contribution >= 4 is 23.9 Å². The second-order valence-corrected chi connectivity index (χ2v) is 6.31. The van der Waals surface area contributed by atoms with Crippen molar-refractivity contribution in [3.63, 3.8) is 0 Å². The number of carbonyl (C=O) groups is 3. The zero-order chi connectivity index (χ0) is 22.4. The van der Waals surface area contributed by atoms with E-state index >= 15 is 0 Å². The smallest absolute Gasteiger partial charge is 0.439 e. The standard InChI is InChI=1S/C20H16F3N3O5/c21-20(22,23)19(29)31-26-11-10-25(13-18(26)28)17(27)9-7-14-6-8-16(24-12-14)30-15-4-2-1-3-5-15/h1-9,12H,10-11,13H2/b9-7+. The summed E-state index contributed by atoms with van der Waals surface area (Å²) in [6, 6.07) is 12.3. The monoisotopic (exact) mass is 435 g/mol. The largest absolute Gasteiger partial charge is 0.493 e. The molecule has 2 aromatic rings. The molecule has 8 nitrogen and oxygen atoms in total. The van der Waals surface area contributed by atoms with Crippen molar-refractivity contribution in [2.45, 2.75) is 6.18 Å². The molecule has 1 aromatic heterocycles. The molecule has 0 unspecified atom stereocenters. The van der Waals surface area contributed by atoms with Gasteiger partial charge in [-0.3, -0.25) is 9.59 Å². The summed E-state index contributed by atoms with van der Waals surface area (Å²) >= 11 is 0. The van der Waals surface area contributed by atoms with Gasteiger partial charge < -0.3 is 14.5 Å². The minimum Gasteiger partial charge on any atom is -0.439 e. The lowest BCUT2D eigenvalue weighted by Gasteiger charge is -2.32. The summed E-state index contributed by atoms with van der Waals surface area (Å²) in [6.45, 7) is -0.980. The number of hydrogen-bond acceptors (Lipinski definition) is 6. The molecular weight excluding hydrogens is 419 g/mol. The van der Waals surface area contributed by atoms with Crippen LogP contribution in [-0.2, 0) is 19.2 Å². The lowest BCUT2D eigenvalue weighted by atomic mass is 10.2. The van der Waals surface area contributed by atoms with Crippen LogP contribution in [0.4, 0.5) is 13.2 Å². The maximum Gasteiger partial charge on any atom is 0.493 e. The van der Waals surface area contributed by atoms with Gasteiger partial charge in [0.05, 0.1) is 6.54 Å². The summed E-state index contributed by atoms with van der Waals surface area (Å²) in [6.07, 6.45) is -1.05. The quantitative estimate of drug-likeness (QED) is 0.671. The molecule has 0 N–H and O–H groups in total. The van der Waals surface area contributed by atoms with Gasteiger partial charge in [-0.2, -0.15) is 18.2 Å². The number of carbonyl (C=O) groups excluding carboxylic acids is 3. The van der Waals surface area contributed by atoms with Crippen LogP contribution in [-0.4, -0.2) is 58.5 Å². The molecule has 0 saturated carbocycles. The Morgan fingerprint density at radius 1 is 1.06 bits per heavy atom. The molecule has 0 aliphatic carbocycles. The van der Waals surface area contributed by atoms with Crippen molar-refractivity contribution in [1.29, 1.82) is 0 Å². The Bertz CT molecular complexity index is 978. The predicted octanol–water partition coefficient (Wildman–Crippen LogP) is 2.58. The van der Waals surface area contributed by atoms with Crippen molar-refractivity contribution in [1.82, 2.24) is 14.9 Å². The maximum absolute atomic E-state index is 12.2. The number of amides is 2. The van der Waals surface area contributed by atoms with Gasteiger partial charge in [0.25, 0.3) is 5.91 Å². The normalized spacial score (nSPS) is 14.6. The molecule has 1 aliphatic rings. The number of alkyl halides is 3. The van der Waals surface area contributed by atoms with E-state index < -0.39 is 30.5 Å².